The second-order valence-corrected chi connectivity index (χ2v) is 13.9. The van der Waals surface area contributed by atoms with Crippen molar-refractivity contribution in [3.05, 3.63) is 152 Å². The molecule has 324 valence electrons. The quantitative estimate of drug-likeness (QED) is 0.0698. The number of benzene rings is 5. The van der Waals surface area contributed by atoms with E-state index in [1.807, 2.05) is 0 Å². The zero-order valence-corrected chi connectivity index (χ0v) is 30.8. The van der Waals surface area contributed by atoms with E-state index in [0.29, 0.717) is 12.1 Å². The van der Waals surface area contributed by atoms with Crippen LogP contribution in [0.3, 0.4) is 0 Å². The number of hydrogen-bond donors (Lipinski definition) is 1. The Morgan fingerprint density at radius 3 is 0.783 bits per heavy atom. The lowest BCUT2D eigenvalue weighted by atomic mass is 9.12. The highest BCUT2D eigenvalue weighted by Crippen LogP contribution is 2.30. The zero-order valence-electron chi connectivity index (χ0n) is 30.8. The summed E-state index contributed by atoms with van der Waals surface area (Å²) < 4.78 is 294. The Hall–Kier alpha value is -5.28. The molecule has 60 heavy (non-hydrogen) atoms. The molecule has 0 saturated carbocycles. The molecular formula is C38H24BF20N. The topological polar surface area (TPSA) is 4.44 Å². The van der Waals surface area contributed by atoms with Gasteiger partial charge < -0.3 is 4.90 Å². The van der Waals surface area contributed by atoms with Gasteiger partial charge in [-0.05, 0) is 34.6 Å². The van der Waals surface area contributed by atoms with E-state index >= 15 is 35.1 Å². The lowest BCUT2D eigenvalue weighted by molar-refractivity contribution is -0.955. The highest BCUT2D eigenvalue weighted by molar-refractivity contribution is 7.20. The molecule has 1 nitrogen and oxygen atoms in total. The van der Waals surface area contributed by atoms with Crippen molar-refractivity contribution < 1.29 is 92.7 Å². The monoisotopic (exact) mass is 885 g/mol. The molecule has 5 aromatic rings. The van der Waals surface area contributed by atoms with E-state index in [9.17, 15) is 52.7 Å². The fraction of sp³-hybridized carbons (Fsp3) is 0.211. The van der Waals surface area contributed by atoms with E-state index in [-0.39, 0.29) is 0 Å². The molecule has 0 aliphatic carbocycles. The molecule has 0 amide bonds. The first-order chi connectivity index (χ1) is 27.7. The van der Waals surface area contributed by atoms with Crippen LogP contribution in [0.5, 0.6) is 0 Å². The first-order valence-electron chi connectivity index (χ1n) is 16.8. The van der Waals surface area contributed by atoms with Crippen molar-refractivity contribution in [1.82, 2.24) is 0 Å². The van der Waals surface area contributed by atoms with Crippen molar-refractivity contribution in [2.75, 3.05) is 0 Å². The van der Waals surface area contributed by atoms with Gasteiger partial charge in [-0.25, -0.2) is 87.8 Å². The van der Waals surface area contributed by atoms with Crippen LogP contribution < -0.4 is 26.8 Å². The minimum atomic E-state index is -7.22. The van der Waals surface area contributed by atoms with E-state index in [0.717, 1.165) is 6.54 Å². The molecule has 1 N–H and O–H groups in total. The van der Waals surface area contributed by atoms with E-state index < -0.39 is 144 Å². The van der Waals surface area contributed by atoms with Gasteiger partial charge in [-0.3, -0.25) is 0 Å². The smallest absolute Gasteiger partial charge is 0.200 e. The maximum Gasteiger partial charge on any atom is 0.200 e. The Kier molecular flexibility index (Phi) is 13.7. The van der Waals surface area contributed by atoms with Crippen LogP contribution in [0.4, 0.5) is 87.8 Å². The van der Waals surface area contributed by atoms with Crippen molar-refractivity contribution in [1.29, 1.82) is 0 Å². The minimum absolute atomic E-state index is 0.686. The molecule has 0 fully saturated rings. The van der Waals surface area contributed by atoms with Crippen LogP contribution >= 0.6 is 0 Å². The van der Waals surface area contributed by atoms with Crippen molar-refractivity contribution >= 4 is 28.0 Å². The Labute approximate surface area is 325 Å². The highest BCUT2D eigenvalue weighted by Gasteiger charge is 2.52. The molecule has 22 heteroatoms. The van der Waals surface area contributed by atoms with Crippen molar-refractivity contribution in [2.45, 2.75) is 53.2 Å². The summed E-state index contributed by atoms with van der Waals surface area (Å²) in [5, 5.41) is 0. The fourth-order valence-electron chi connectivity index (χ4n) is 7.01. The summed E-state index contributed by atoms with van der Waals surface area (Å²) in [5.41, 5.74) is -11.5. The molecule has 0 aliphatic heterocycles. The number of quaternary nitrogens is 1. The van der Waals surface area contributed by atoms with Gasteiger partial charge in [0.1, 0.15) is 59.2 Å². The van der Waals surface area contributed by atoms with Gasteiger partial charge in [0, 0.05) is 5.56 Å². The van der Waals surface area contributed by atoms with Crippen molar-refractivity contribution in [3.63, 3.8) is 0 Å². The number of halogens is 20. The first-order valence-corrected chi connectivity index (χ1v) is 16.8. The first kappa shape index (κ1) is 47.4. The van der Waals surface area contributed by atoms with Crippen LogP contribution in [0.25, 0.3) is 0 Å². The van der Waals surface area contributed by atoms with Crippen molar-refractivity contribution in [2.24, 2.45) is 0 Å². The van der Waals surface area contributed by atoms with E-state index in [1.165, 1.54) is 11.1 Å². The van der Waals surface area contributed by atoms with Gasteiger partial charge >= 0.3 is 0 Å². The normalized spacial score (nSPS) is 11.9. The van der Waals surface area contributed by atoms with Gasteiger partial charge in [0.05, 0.1) is 12.1 Å². The van der Waals surface area contributed by atoms with Crippen LogP contribution in [-0.2, 0) is 6.54 Å². The summed E-state index contributed by atoms with van der Waals surface area (Å²) in [5.74, 6) is -71.4. The fourth-order valence-corrected chi connectivity index (χ4v) is 7.01. The summed E-state index contributed by atoms with van der Waals surface area (Å²) in [4.78, 5) is 1.65. The van der Waals surface area contributed by atoms with Crippen LogP contribution in [0.2, 0.25) is 0 Å². The largest absolute Gasteiger partial charge is 0.327 e. The summed E-state index contributed by atoms with van der Waals surface area (Å²) in [6.45, 7) is 12.5. The standard InChI is InChI=1S/C24BF20.C14H23N/c26-5-1(6(27)14(35)21(42)13(5)34)25(2-7(28)15(36)22(43)16(37)8(2)29,3-9(30)17(38)23(44)18(39)10(3)31)4-11(32)19(40)24(45)20(41)12(4)33;1-11(2)15(12(3)4)10-14-8-6-7-13(5)9-14/h;6-9,11-12H,10H2,1-5H3/q-1;/p+1. The van der Waals surface area contributed by atoms with E-state index in [2.05, 4.69) is 58.9 Å². The molecule has 0 aliphatic rings. The molecule has 0 radical (unpaired) electrons. The third-order valence-corrected chi connectivity index (χ3v) is 9.68. The van der Waals surface area contributed by atoms with Gasteiger partial charge in [0.2, 0.25) is 0 Å². The Morgan fingerprint density at radius 1 is 0.367 bits per heavy atom. The second-order valence-electron chi connectivity index (χ2n) is 13.9. The summed E-state index contributed by atoms with van der Waals surface area (Å²) in [7, 11) is 0. The van der Waals surface area contributed by atoms with Crippen molar-refractivity contribution in [3.8, 4) is 0 Å². The summed E-state index contributed by atoms with van der Waals surface area (Å²) in [6.07, 6.45) is -7.22. The van der Waals surface area contributed by atoms with Crippen LogP contribution in [0, 0.1) is 123 Å². The molecule has 0 atom stereocenters. The average molecular weight is 885 g/mol. The van der Waals surface area contributed by atoms with Gasteiger partial charge in [-0.2, -0.15) is 0 Å². The highest BCUT2D eigenvalue weighted by atomic mass is 19.2. The summed E-state index contributed by atoms with van der Waals surface area (Å²) >= 11 is 0. The molecule has 0 bridgehead atoms. The molecule has 0 saturated heterocycles. The van der Waals surface area contributed by atoms with Gasteiger partial charge in [0.25, 0.3) is 0 Å². The molecular weight excluding hydrogens is 861 g/mol. The number of nitrogens with one attached hydrogen (secondary N) is 1. The molecule has 5 rings (SSSR count). The third-order valence-electron chi connectivity index (χ3n) is 9.68. The zero-order chi connectivity index (χ0) is 45.8. The summed E-state index contributed by atoms with van der Waals surface area (Å²) in [6, 6.07) is 10.2. The maximum atomic E-state index is 15.4. The predicted octanol–water partition coefficient (Wildman–Crippen LogP) is 8.04. The van der Waals surface area contributed by atoms with Gasteiger partial charge in [0.15, 0.2) is 69.8 Å². The van der Waals surface area contributed by atoms with Gasteiger partial charge in [-0.15, -0.1) is 21.9 Å². The third kappa shape index (κ3) is 7.55. The molecule has 0 heterocycles. The Morgan fingerprint density at radius 2 is 0.583 bits per heavy atom. The van der Waals surface area contributed by atoms with E-state index in [4.69, 9.17) is 0 Å². The van der Waals surface area contributed by atoms with Crippen LogP contribution in [0.1, 0.15) is 38.8 Å². The lowest BCUT2D eigenvalue weighted by Gasteiger charge is -2.44. The minimum Gasteiger partial charge on any atom is -0.327 e. The Balaban J connectivity index is 0.000000445. The molecule has 0 spiro atoms. The Bertz CT molecular complexity index is 2110. The number of hydrogen-bond acceptors (Lipinski definition) is 0. The van der Waals surface area contributed by atoms with E-state index in [1.54, 1.807) is 4.90 Å². The SMILES string of the molecule is Cc1cccc(C[NH+](C(C)C)C(C)C)c1.Fc1c(F)c(F)c([B-](c2c(F)c(F)c(F)c(F)c2F)(c2c(F)c(F)c(F)c(F)c2F)c2c(F)c(F)c(F)c(F)c2F)c(F)c1F. The average Bonchev–Trinajstić information content (AvgIpc) is 3.19. The molecule has 0 unspecified atom stereocenters. The van der Waals surface area contributed by atoms with Crippen LogP contribution in [-0.4, -0.2) is 18.2 Å². The number of aryl methyl sites for hydroxylation is 1. The number of rotatable bonds is 8. The predicted molar refractivity (Wildman–Crippen MR) is 175 cm³/mol. The van der Waals surface area contributed by atoms with Gasteiger partial charge in [-0.1, -0.05) is 29.8 Å². The second kappa shape index (κ2) is 17.4. The molecule has 5 aromatic carbocycles. The lowest BCUT2D eigenvalue weighted by Crippen LogP contribution is -3.16. The molecule has 0 aromatic heterocycles. The maximum absolute atomic E-state index is 15.4. The van der Waals surface area contributed by atoms with Crippen LogP contribution in [0.15, 0.2) is 24.3 Å².